The van der Waals surface area contributed by atoms with Crippen LogP contribution in [0.2, 0.25) is 0 Å². The largest absolute Gasteiger partial charge is 0.394 e. The molecule has 0 radical (unpaired) electrons. The first kappa shape index (κ1) is 36.2. The van der Waals surface area contributed by atoms with Crippen molar-refractivity contribution in [3.63, 3.8) is 0 Å². The zero-order valence-electron chi connectivity index (χ0n) is 24.0. The van der Waals surface area contributed by atoms with Crippen molar-refractivity contribution in [3.05, 3.63) is 0 Å². The highest BCUT2D eigenvalue weighted by atomic mass is 19.3. The number of halogens is 2. The van der Waals surface area contributed by atoms with E-state index >= 15 is 0 Å². The topological polar surface area (TPSA) is 300 Å². The molecule has 3 rings (SSSR count). The van der Waals surface area contributed by atoms with Gasteiger partial charge < -0.3 is 79.0 Å². The minimum absolute atomic E-state index is 0.136. The highest BCUT2D eigenvalue weighted by Crippen LogP contribution is 2.37. The molecular weight excluding hydrogens is 580 g/mol. The second-order valence-electron chi connectivity index (χ2n) is 11.6. The number of carbonyl (C=O) groups is 1. The standard InChI is InChI=1S/C25H49F2N7O9/c26-25(27,9-30)22(39)23(40)34-13-6-11(31)15(20-12(33-5-1-4-28)3-2-10(7-29)41-20)18(37)21(13)43-24-19(38)16(32)17(36)14(8-35)42-24/h10-22,24,33,35-39H,1-9,28-32H2,(H,34,40)/t10?,11-,12+,13+,14+,15?,16-,17+,18-,19+,20-,21-,22?,24+/m0/s1. The predicted octanol–water partition coefficient (Wildman–Crippen LogP) is -5.90. The maximum Gasteiger partial charge on any atom is 0.294 e. The number of nitrogens with two attached hydrogens (primary N) is 5. The highest BCUT2D eigenvalue weighted by molar-refractivity contribution is 5.82. The van der Waals surface area contributed by atoms with Gasteiger partial charge in [0, 0.05) is 24.5 Å². The number of hydrogen-bond acceptors (Lipinski definition) is 15. The maximum atomic E-state index is 14.0. The molecule has 252 valence electrons. The molecule has 3 fully saturated rings. The molecule has 0 aromatic heterocycles. The van der Waals surface area contributed by atoms with Crippen LogP contribution in [0.4, 0.5) is 8.78 Å². The number of ether oxygens (including phenoxy) is 3. The summed E-state index contributed by atoms with van der Waals surface area (Å²) in [6.45, 7) is -0.774. The number of carbonyl (C=O) groups excluding carboxylic acids is 1. The van der Waals surface area contributed by atoms with Crippen molar-refractivity contribution in [1.29, 1.82) is 0 Å². The van der Waals surface area contributed by atoms with E-state index in [4.69, 9.17) is 42.9 Å². The molecule has 43 heavy (non-hydrogen) atoms. The molecule has 1 amide bonds. The van der Waals surface area contributed by atoms with Crippen LogP contribution in [0.25, 0.3) is 0 Å². The van der Waals surface area contributed by atoms with Crippen LogP contribution in [-0.2, 0) is 19.0 Å². The zero-order chi connectivity index (χ0) is 32.1. The van der Waals surface area contributed by atoms with Gasteiger partial charge in [-0.05, 0) is 38.8 Å². The van der Waals surface area contributed by atoms with E-state index in [0.29, 0.717) is 32.4 Å². The lowest BCUT2D eigenvalue weighted by Crippen LogP contribution is -2.70. The van der Waals surface area contributed by atoms with Gasteiger partial charge in [0.15, 0.2) is 12.4 Å². The maximum absolute atomic E-state index is 14.0. The van der Waals surface area contributed by atoms with E-state index < -0.39 is 98.0 Å². The fourth-order valence-electron chi connectivity index (χ4n) is 6.05. The number of hydrogen-bond donors (Lipinski definition) is 12. The first-order valence-electron chi connectivity index (χ1n) is 14.6. The van der Waals surface area contributed by atoms with Crippen molar-refractivity contribution in [3.8, 4) is 0 Å². The fourth-order valence-corrected chi connectivity index (χ4v) is 6.05. The second kappa shape index (κ2) is 15.9. The number of rotatable bonds is 13. The number of nitrogens with one attached hydrogen (secondary N) is 2. The Balaban J connectivity index is 1.93. The lowest BCUT2D eigenvalue weighted by atomic mass is 9.72. The van der Waals surface area contributed by atoms with Crippen LogP contribution in [0.3, 0.4) is 0 Å². The molecule has 18 heteroatoms. The molecule has 16 nitrogen and oxygen atoms in total. The molecule has 17 N–H and O–H groups in total. The third-order valence-corrected chi connectivity index (χ3v) is 8.60. The number of alkyl halides is 2. The number of aliphatic hydroxyl groups is 5. The molecule has 0 aromatic rings. The molecule has 0 spiro atoms. The molecule has 1 aliphatic carbocycles. The van der Waals surface area contributed by atoms with Crippen LogP contribution in [0.1, 0.15) is 25.7 Å². The van der Waals surface area contributed by atoms with Gasteiger partial charge in [-0.15, -0.1) is 0 Å². The van der Waals surface area contributed by atoms with Crippen molar-refractivity contribution in [2.24, 2.45) is 34.6 Å². The summed E-state index contributed by atoms with van der Waals surface area (Å²) < 4.78 is 45.8. The number of aliphatic hydroxyl groups excluding tert-OH is 5. The van der Waals surface area contributed by atoms with Crippen LogP contribution < -0.4 is 39.3 Å². The third-order valence-electron chi connectivity index (χ3n) is 8.60. The summed E-state index contributed by atoms with van der Waals surface area (Å²) in [4.78, 5) is 12.7. The number of amides is 1. The summed E-state index contributed by atoms with van der Waals surface area (Å²) in [6, 6.07) is -3.76. The van der Waals surface area contributed by atoms with Crippen molar-refractivity contribution >= 4 is 5.91 Å². The van der Waals surface area contributed by atoms with Gasteiger partial charge in [0.2, 0.25) is 0 Å². The fraction of sp³-hybridized carbons (Fsp3) is 0.960. The average molecular weight is 630 g/mol. The van der Waals surface area contributed by atoms with Gasteiger partial charge in [-0.2, -0.15) is 0 Å². The van der Waals surface area contributed by atoms with E-state index in [1.807, 2.05) is 0 Å². The molecule has 0 bridgehead atoms. The van der Waals surface area contributed by atoms with Gasteiger partial charge in [0.05, 0.1) is 43.5 Å². The minimum atomic E-state index is -3.95. The summed E-state index contributed by atoms with van der Waals surface area (Å²) in [6.07, 6.45) is -11.0. The van der Waals surface area contributed by atoms with Gasteiger partial charge in [-0.3, -0.25) is 4.79 Å². The van der Waals surface area contributed by atoms with Crippen molar-refractivity contribution in [1.82, 2.24) is 10.6 Å². The Kier molecular flexibility index (Phi) is 13.4. The van der Waals surface area contributed by atoms with Gasteiger partial charge in [-0.1, -0.05) is 0 Å². The van der Waals surface area contributed by atoms with Gasteiger partial charge in [0.1, 0.15) is 24.4 Å². The first-order valence-corrected chi connectivity index (χ1v) is 14.6. The summed E-state index contributed by atoms with van der Waals surface area (Å²) >= 11 is 0. The molecule has 1 saturated carbocycles. The molecular formula is C25H49F2N7O9. The summed E-state index contributed by atoms with van der Waals surface area (Å²) in [5.41, 5.74) is 29.0. The van der Waals surface area contributed by atoms with E-state index in [1.54, 1.807) is 0 Å². The first-order chi connectivity index (χ1) is 20.3. The SMILES string of the molecule is NCCCN[C@@H]1CCC(CN)O[C@@H]1C1[C@@H](N)C[C@@H](NC(=O)C(O)C(F)(F)CN)[C@H](O[C@H]2O[C@H](CO)[C@@H](O)[C@H](N)[C@H]2O)[C@H]1O. The predicted molar refractivity (Wildman–Crippen MR) is 147 cm³/mol. The molecule has 14 atom stereocenters. The van der Waals surface area contributed by atoms with E-state index in [1.165, 1.54) is 0 Å². The summed E-state index contributed by atoms with van der Waals surface area (Å²) in [5.74, 6) is -6.30. The Hall–Kier alpha value is -1.23. The molecule has 3 aliphatic rings. The van der Waals surface area contributed by atoms with Crippen molar-refractivity contribution in [2.45, 2.75) is 111 Å². The highest BCUT2D eigenvalue weighted by Gasteiger charge is 2.54. The normalized spacial score (nSPS) is 41.5. The van der Waals surface area contributed by atoms with Crippen LogP contribution >= 0.6 is 0 Å². The Morgan fingerprint density at radius 3 is 2.35 bits per heavy atom. The quantitative estimate of drug-likeness (QED) is 0.0844. The monoisotopic (exact) mass is 629 g/mol. The Morgan fingerprint density at radius 1 is 1.05 bits per heavy atom. The Bertz CT molecular complexity index is 883. The molecule has 2 saturated heterocycles. The Labute approximate surface area is 248 Å². The zero-order valence-corrected chi connectivity index (χ0v) is 24.0. The molecule has 3 unspecified atom stereocenters. The third kappa shape index (κ3) is 8.33. The molecule has 0 aromatic carbocycles. The van der Waals surface area contributed by atoms with Gasteiger partial charge in [-0.25, -0.2) is 8.78 Å². The smallest absolute Gasteiger partial charge is 0.294 e. The summed E-state index contributed by atoms with van der Waals surface area (Å²) in [7, 11) is 0. The van der Waals surface area contributed by atoms with Crippen LogP contribution in [-0.4, -0.2) is 149 Å². The Morgan fingerprint density at radius 2 is 1.74 bits per heavy atom. The lowest BCUT2D eigenvalue weighted by molar-refractivity contribution is -0.306. The van der Waals surface area contributed by atoms with E-state index in [0.717, 1.165) is 0 Å². The molecule has 2 aliphatic heterocycles. The van der Waals surface area contributed by atoms with E-state index in [2.05, 4.69) is 10.6 Å². The molecule has 2 heterocycles. The van der Waals surface area contributed by atoms with E-state index in [9.17, 15) is 39.1 Å². The summed E-state index contributed by atoms with van der Waals surface area (Å²) in [5, 5.41) is 58.0. The van der Waals surface area contributed by atoms with Crippen LogP contribution in [0.5, 0.6) is 0 Å². The van der Waals surface area contributed by atoms with Gasteiger partial charge in [0.25, 0.3) is 11.8 Å². The van der Waals surface area contributed by atoms with Crippen molar-refractivity contribution in [2.75, 3.05) is 32.8 Å². The van der Waals surface area contributed by atoms with Crippen molar-refractivity contribution < 1.29 is 53.3 Å². The van der Waals surface area contributed by atoms with Crippen LogP contribution in [0, 0.1) is 5.92 Å². The average Bonchev–Trinajstić information content (AvgIpc) is 2.99. The second-order valence-corrected chi connectivity index (χ2v) is 11.6. The van der Waals surface area contributed by atoms with Crippen LogP contribution in [0.15, 0.2) is 0 Å². The minimum Gasteiger partial charge on any atom is -0.394 e. The lowest BCUT2D eigenvalue weighted by Gasteiger charge is -2.51. The van der Waals surface area contributed by atoms with Gasteiger partial charge >= 0.3 is 0 Å². The van der Waals surface area contributed by atoms with E-state index in [-0.39, 0.29) is 25.1 Å².